The van der Waals surface area contributed by atoms with E-state index in [-0.39, 0.29) is 18.0 Å². The number of hydrogen-bond acceptors (Lipinski definition) is 7. The van der Waals surface area contributed by atoms with Crippen molar-refractivity contribution in [3.05, 3.63) is 112 Å². The zero-order valence-corrected chi connectivity index (χ0v) is 24.9. The molecule has 2 N–H and O–H groups in total. The van der Waals surface area contributed by atoms with Crippen molar-refractivity contribution in [3.63, 3.8) is 0 Å². The number of fused-ring (bicyclic) bond motifs is 1. The average Bonchev–Trinajstić information content (AvgIpc) is 3.62. The van der Waals surface area contributed by atoms with Crippen LogP contribution in [0.25, 0.3) is 5.57 Å². The normalized spacial score (nSPS) is 16.8. The lowest BCUT2D eigenvalue weighted by Crippen LogP contribution is -2.31. The Morgan fingerprint density at radius 3 is 2.47 bits per heavy atom. The fraction of sp³-hybridized carbons (Fsp3) is 0.294. The largest absolute Gasteiger partial charge is 0.573 e. The van der Waals surface area contributed by atoms with Crippen molar-refractivity contribution < 1.29 is 32.3 Å². The Labute approximate surface area is 258 Å². The third-order valence-electron chi connectivity index (χ3n) is 8.16. The van der Waals surface area contributed by atoms with E-state index >= 15 is 0 Å². The van der Waals surface area contributed by atoms with Crippen molar-refractivity contribution in [3.8, 4) is 11.5 Å². The Morgan fingerprint density at radius 1 is 1.02 bits per heavy atom. The summed E-state index contributed by atoms with van der Waals surface area (Å²) in [5, 5.41) is 17.4. The second-order valence-corrected chi connectivity index (χ2v) is 11.5. The Bertz CT molecular complexity index is 1710. The number of anilines is 1. The number of phenols is 1. The van der Waals surface area contributed by atoms with Gasteiger partial charge in [-0.15, -0.1) is 13.2 Å². The summed E-state index contributed by atoms with van der Waals surface area (Å²) in [6.45, 7) is 6.56. The highest BCUT2D eigenvalue weighted by molar-refractivity contribution is 6.26. The lowest BCUT2D eigenvalue weighted by Gasteiger charge is -2.37. The number of halogens is 3. The fourth-order valence-corrected chi connectivity index (χ4v) is 6.10. The van der Waals surface area contributed by atoms with Gasteiger partial charge in [0.2, 0.25) is 0 Å². The number of amides is 1. The number of alkyl halides is 3. The Morgan fingerprint density at radius 2 is 1.78 bits per heavy atom. The number of likely N-dealkylation sites (tertiary alicyclic amines) is 1. The highest BCUT2D eigenvalue weighted by Gasteiger charge is 2.34. The van der Waals surface area contributed by atoms with Crippen LogP contribution in [0.1, 0.15) is 58.2 Å². The number of nitrogens with one attached hydrogen (secondary N) is 1. The number of carbonyl (C=O) groups excluding carboxylic acids is 1. The maximum Gasteiger partial charge on any atom is 0.573 e. The van der Waals surface area contributed by atoms with Gasteiger partial charge in [-0.3, -0.25) is 9.69 Å². The van der Waals surface area contributed by atoms with Crippen molar-refractivity contribution in [2.75, 3.05) is 18.4 Å². The smallest absolute Gasteiger partial charge is 0.508 e. The molecular formula is C34H33F3N4O4. The summed E-state index contributed by atoms with van der Waals surface area (Å²) in [5.74, 6) is -0.279. The molecule has 1 atom stereocenters. The molecule has 8 nitrogen and oxygen atoms in total. The van der Waals surface area contributed by atoms with Crippen LogP contribution in [0.15, 0.2) is 77.5 Å². The predicted molar refractivity (Wildman–Crippen MR) is 162 cm³/mol. The highest BCUT2D eigenvalue weighted by Crippen LogP contribution is 2.42. The molecule has 0 saturated carbocycles. The van der Waals surface area contributed by atoms with Crippen LogP contribution >= 0.6 is 0 Å². The summed E-state index contributed by atoms with van der Waals surface area (Å²) >= 11 is 0. The fourth-order valence-electron chi connectivity index (χ4n) is 6.10. The molecule has 0 bridgehead atoms. The maximum atomic E-state index is 13.8. The number of aromatic nitrogens is 1. The first kappa shape index (κ1) is 30.3. The van der Waals surface area contributed by atoms with Gasteiger partial charge in [0, 0.05) is 19.3 Å². The zero-order valence-electron chi connectivity index (χ0n) is 24.9. The number of ether oxygens (including phenoxy) is 1. The number of aromatic hydroxyl groups is 1. The molecule has 1 amide bonds. The predicted octanol–water partition coefficient (Wildman–Crippen LogP) is 7.08. The minimum atomic E-state index is -4.83. The van der Waals surface area contributed by atoms with E-state index in [2.05, 4.69) is 32.2 Å². The van der Waals surface area contributed by atoms with Gasteiger partial charge in [-0.2, -0.15) is 0 Å². The van der Waals surface area contributed by atoms with Gasteiger partial charge < -0.3 is 24.6 Å². The molecule has 0 spiro atoms. The number of rotatable bonds is 8. The van der Waals surface area contributed by atoms with E-state index in [0.717, 1.165) is 25.2 Å². The van der Waals surface area contributed by atoms with Gasteiger partial charge in [0.25, 0.3) is 5.91 Å². The molecule has 45 heavy (non-hydrogen) atoms. The van der Waals surface area contributed by atoms with E-state index in [4.69, 9.17) is 4.52 Å². The molecule has 4 aromatic rings. The summed E-state index contributed by atoms with van der Waals surface area (Å²) in [6.07, 6.45) is -0.720. The molecule has 1 fully saturated rings. The molecule has 1 unspecified atom stereocenters. The molecule has 2 aliphatic heterocycles. The first-order chi connectivity index (χ1) is 21.5. The monoisotopic (exact) mass is 618 g/mol. The Balaban J connectivity index is 1.40. The van der Waals surface area contributed by atoms with Crippen molar-refractivity contribution in [1.82, 2.24) is 15.0 Å². The first-order valence-electron chi connectivity index (χ1n) is 14.7. The van der Waals surface area contributed by atoms with Crippen LogP contribution in [0.3, 0.4) is 0 Å². The highest BCUT2D eigenvalue weighted by atomic mass is 19.4. The third-order valence-corrected chi connectivity index (χ3v) is 8.16. The zero-order chi connectivity index (χ0) is 31.7. The van der Waals surface area contributed by atoms with Crippen LogP contribution in [0.5, 0.6) is 11.5 Å². The van der Waals surface area contributed by atoms with Gasteiger partial charge in [0.1, 0.15) is 22.9 Å². The van der Waals surface area contributed by atoms with Crippen LogP contribution in [0.2, 0.25) is 0 Å². The van der Waals surface area contributed by atoms with E-state index < -0.39 is 18.3 Å². The van der Waals surface area contributed by atoms with Crippen molar-refractivity contribution in [2.24, 2.45) is 0 Å². The lowest BCUT2D eigenvalue weighted by atomic mass is 9.86. The number of carbonyl (C=O) groups is 1. The van der Waals surface area contributed by atoms with Gasteiger partial charge >= 0.3 is 6.36 Å². The van der Waals surface area contributed by atoms with E-state index in [1.54, 1.807) is 38.2 Å². The molecule has 6 rings (SSSR count). The second-order valence-electron chi connectivity index (χ2n) is 11.5. The topological polar surface area (TPSA) is 91.1 Å². The van der Waals surface area contributed by atoms with E-state index in [1.807, 2.05) is 17.0 Å². The molecule has 3 heterocycles. The molecule has 1 saturated heterocycles. The summed E-state index contributed by atoms with van der Waals surface area (Å²) < 4.78 is 48.4. The van der Waals surface area contributed by atoms with Crippen LogP contribution in [-0.2, 0) is 17.9 Å². The van der Waals surface area contributed by atoms with Crippen LogP contribution in [0, 0.1) is 13.8 Å². The van der Waals surface area contributed by atoms with E-state index in [9.17, 15) is 23.1 Å². The SMILES string of the molecule is Cc1noc(C)c1NC(=O)C1=CN(Cc2cccc(OC(F)(F)F)c2)C(c2ccc(CN3CCCC3)cc2)c2cc(O)ccc21. The average molecular weight is 619 g/mol. The van der Waals surface area contributed by atoms with Crippen LogP contribution in [0.4, 0.5) is 18.9 Å². The summed E-state index contributed by atoms with van der Waals surface area (Å²) in [5.41, 5.74) is 5.20. The number of nitrogens with zero attached hydrogens (tertiary/aromatic N) is 3. The third kappa shape index (κ3) is 6.83. The van der Waals surface area contributed by atoms with Gasteiger partial charge in [-0.25, -0.2) is 0 Å². The number of aryl methyl sites for hydroxylation is 2. The van der Waals surface area contributed by atoms with Gasteiger partial charge in [-0.05, 0) is 91.9 Å². The van der Waals surface area contributed by atoms with E-state index in [1.165, 1.54) is 42.7 Å². The second kappa shape index (κ2) is 12.3. The molecule has 234 valence electrons. The minimum Gasteiger partial charge on any atom is -0.508 e. The van der Waals surface area contributed by atoms with Crippen LogP contribution < -0.4 is 10.1 Å². The summed E-state index contributed by atoms with van der Waals surface area (Å²) in [4.78, 5) is 18.1. The number of hydrogen-bond donors (Lipinski definition) is 2. The Kier molecular flexibility index (Phi) is 8.28. The molecule has 11 heteroatoms. The standard InChI is InChI=1S/C34H33F3N4O4/c1-21-31(22(2)45-39-21)38-33(43)30-20-41(19-24-6-5-7-27(16-24)44-34(35,36)37)32(29-17-26(42)12-13-28(29)30)25-10-8-23(9-11-25)18-40-14-3-4-15-40/h5-13,16-17,20,32,42H,3-4,14-15,18-19H2,1-2H3,(H,38,43). The van der Waals surface area contributed by atoms with Gasteiger partial charge in [0.05, 0.1) is 11.6 Å². The van der Waals surface area contributed by atoms with Gasteiger partial charge in [-0.1, -0.05) is 47.6 Å². The van der Waals surface area contributed by atoms with Crippen molar-refractivity contribution >= 4 is 17.2 Å². The quantitative estimate of drug-likeness (QED) is 0.218. The first-order valence-corrected chi connectivity index (χ1v) is 14.7. The Hall–Kier alpha value is -4.77. The molecule has 2 aliphatic rings. The number of benzene rings is 3. The lowest BCUT2D eigenvalue weighted by molar-refractivity contribution is -0.274. The van der Waals surface area contributed by atoms with E-state index in [0.29, 0.717) is 39.4 Å². The van der Waals surface area contributed by atoms with Gasteiger partial charge in [0.15, 0.2) is 5.76 Å². The van der Waals surface area contributed by atoms with Crippen LogP contribution in [-0.4, -0.2) is 45.4 Å². The molecular weight excluding hydrogens is 585 g/mol. The van der Waals surface area contributed by atoms with Crippen molar-refractivity contribution in [2.45, 2.75) is 52.2 Å². The molecule has 0 radical (unpaired) electrons. The van der Waals surface area contributed by atoms with Crippen molar-refractivity contribution in [1.29, 1.82) is 0 Å². The maximum absolute atomic E-state index is 13.8. The molecule has 1 aromatic heterocycles. The number of phenolic OH excluding ortho intramolecular Hbond substituents is 1. The molecule has 3 aromatic carbocycles. The molecule has 0 aliphatic carbocycles. The minimum absolute atomic E-state index is 0.0253. The summed E-state index contributed by atoms with van der Waals surface area (Å²) in [6, 6.07) is 18.4. The summed E-state index contributed by atoms with van der Waals surface area (Å²) in [7, 11) is 0.